The van der Waals surface area contributed by atoms with Gasteiger partial charge in [-0.3, -0.25) is 19.3 Å². The third kappa shape index (κ3) is 5.58. The summed E-state index contributed by atoms with van der Waals surface area (Å²) in [6.07, 6.45) is 0.676. The molecule has 2 aliphatic heterocycles. The van der Waals surface area contributed by atoms with E-state index < -0.39 is 29.4 Å². The first kappa shape index (κ1) is 25.8. The number of amides is 2. The summed E-state index contributed by atoms with van der Waals surface area (Å²) in [6, 6.07) is 5.98. The minimum Gasteiger partial charge on any atom is -0.503 e. The minimum atomic E-state index is -0.762. The number of carbonyl (C=O) groups excluding carboxylic acids is 3. The van der Waals surface area contributed by atoms with Crippen molar-refractivity contribution in [1.82, 2.24) is 14.8 Å². The second-order valence-electron chi connectivity index (χ2n) is 8.77. The number of aliphatic hydroxyl groups is 1. The number of hydrogen-bond acceptors (Lipinski definition) is 9. The quantitative estimate of drug-likeness (QED) is 0.459. The summed E-state index contributed by atoms with van der Waals surface area (Å²) in [4.78, 5) is 46.4. The van der Waals surface area contributed by atoms with E-state index in [1.807, 2.05) is 6.92 Å². The Hall–Kier alpha value is -3.28. The molecule has 0 aliphatic carbocycles. The lowest BCUT2D eigenvalue weighted by atomic mass is 9.95. The molecule has 10 nitrogen and oxygen atoms in total. The molecule has 1 unspecified atom stereocenters. The summed E-state index contributed by atoms with van der Waals surface area (Å²) in [6.45, 7) is 7.47. The van der Waals surface area contributed by atoms with Crippen molar-refractivity contribution in [2.45, 2.75) is 26.3 Å². The SMILES string of the molecule is Cc1nc(C)c(C(=O)C2=C(O)C(=O)N(CCCN3CCOCC3)C2c2ccc(OCC(N)=O)cc2)s1. The Morgan fingerprint density at radius 1 is 1.19 bits per heavy atom. The second kappa shape index (κ2) is 11.2. The summed E-state index contributed by atoms with van der Waals surface area (Å²) in [5.74, 6) is -1.67. The van der Waals surface area contributed by atoms with Crippen LogP contribution in [0, 0.1) is 13.8 Å². The molecule has 36 heavy (non-hydrogen) atoms. The molecule has 1 fully saturated rings. The number of ether oxygens (including phenoxy) is 2. The smallest absolute Gasteiger partial charge is 0.290 e. The monoisotopic (exact) mass is 514 g/mol. The molecule has 1 aromatic carbocycles. The number of hydrogen-bond donors (Lipinski definition) is 2. The molecule has 3 N–H and O–H groups in total. The second-order valence-corrected chi connectivity index (χ2v) is 9.97. The molecule has 2 amide bonds. The van der Waals surface area contributed by atoms with E-state index in [9.17, 15) is 19.5 Å². The van der Waals surface area contributed by atoms with Crippen LogP contribution in [0.25, 0.3) is 0 Å². The maximum Gasteiger partial charge on any atom is 0.290 e. The number of nitrogens with zero attached hydrogens (tertiary/aromatic N) is 3. The number of aliphatic hydroxyl groups excluding tert-OH is 1. The standard InChI is InChI=1S/C25H30N4O6S/c1-15-24(36-16(2)27-15)22(31)20-21(17-4-6-18(7-5-17)35-14-19(26)30)29(25(33)23(20)32)9-3-8-28-10-12-34-13-11-28/h4-7,21,32H,3,8-14H2,1-2H3,(H2,26,30). The summed E-state index contributed by atoms with van der Waals surface area (Å²) in [5, 5.41) is 11.6. The number of rotatable bonds is 10. The first-order chi connectivity index (χ1) is 17.3. The zero-order valence-electron chi connectivity index (χ0n) is 20.4. The zero-order valence-corrected chi connectivity index (χ0v) is 21.2. The van der Waals surface area contributed by atoms with Crippen LogP contribution in [0.5, 0.6) is 5.75 Å². The van der Waals surface area contributed by atoms with E-state index in [2.05, 4.69) is 9.88 Å². The van der Waals surface area contributed by atoms with Gasteiger partial charge in [-0.15, -0.1) is 11.3 Å². The number of carbonyl (C=O) groups is 3. The van der Waals surface area contributed by atoms with E-state index in [0.29, 0.717) is 48.1 Å². The normalized spacial score (nSPS) is 18.7. The molecule has 192 valence electrons. The molecule has 2 aliphatic rings. The molecule has 0 radical (unpaired) electrons. The van der Waals surface area contributed by atoms with Crippen molar-refractivity contribution in [3.05, 3.63) is 56.7 Å². The topological polar surface area (TPSA) is 135 Å². The van der Waals surface area contributed by atoms with Crippen LogP contribution in [0.3, 0.4) is 0 Å². The van der Waals surface area contributed by atoms with E-state index in [1.54, 1.807) is 36.1 Å². The van der Waals surface area contributed by atoms with Gasteiger partial charge in [0.2, 0.25) is 5.78 Å². The lowest BCUT2D eigenvalue weighted by molar-refractivity contribution is -0.129. The van der Waals surface area contributed by atoms with Gasteiger partial charge in [-0.05, 0) is 38.0 Å². The van der Waals surface area contributed by atoms with E-state index in [1.165, 1.54) is 11.3 Å². The van der Waals surface area contributed by atoms with Gasteiger partial charge in [0.05, 0.1) is 40.4 Å². The van der Waals surface area contributed by atoms with Crippen LogP contribution in [0.4, 0.5) is 0 Å². The molecule has 3 heterocycles. The van der Waals surface area contributed by atoms with Crippen LogP contribution in [0.2, 0.25) is 0 Å². The van der Waals surface area contributed by atoms with Gasteiger partial charge in [0.15, 0.2) is 12.4 Å². The lowest BCUT2D eigenvalue weighted by Gasteiger charge is -2.30. The van der Waals surface area contributed by atoms with Crippen molar-refractivity contribution in [3.8, 4) is 5.75 Å². The summed E-state index contributed by atoms with van der Waals surface area (Å²) >= 11 is 1.24. The first-order valence-electron chi connectivity index (χ1n) is 11.8. The largest absolute Gasteiger partial charge is 0.503 e. The van der Waals surface area contributed by atoms with Gasteiger partial charge in [-0.25, -0.2) is 4.98 Å². The van der Waals surface area contributed by atoms with Crippen LogP contribution in [0.1, 0.15) is 38.4 Å². The van der Waals surface area contributed by atoms with Crippen LogP contribution in [0.15, 0.2) is 35.6 Å². The fraction of sp³-hybridized carbons (Fsp3) is 0.440. The molecule has 1 atom stereocenters. The lowest BCUT2D eigenvalue weighted by Crippen LogP contribution is -2.39. The Morgan fingerprint density at radius 3 is 2.50 bits per heavy atom. The highest BCUT2D eigenvalue weighted by Crippen LogP contribution is 2.40. The first-order valence-corrected chi connectivity index (χ1v) is 12.6. The number of morpholine rings is 1. The number of aryl methyl sites for hydroxylation is 2. The fourth-order valence-electron chi connectivity index (χ4n) is 4.52. The van der Waals surface area contributed by atoms with Crippen LogP contribution in [-0.4, -0.2) is 83.5 Å². The number of aromatic nitrogens is 1. The van der Waals surface area contributed by atoms with E-state index >= 15 is 0 Å². The fourth-order valence-corrected chi connectivity index (χ4v) is 5.39. The van der Waals surface area contributed by atoms with Crippen LogP contribution in [-0.2, 0) is 14.3 Å². The summed E-state index contributed by atoms with van der Waals surface area (Å²) in [5.41, 5.74) is 6.40. The average Bonchev–Trinajstić information content (AvgIpc) is 3.33. The molecule has 11 heteroatoms. The molecule has 2 aromatic rings. The van der Waals surface area contributed by atoms with Crippen molar-refractivity contribution in [2.75, 3.05) is 46.0 Å². The number of thiazole rings is 1. The average molecular weight is 515 g/mol. The van der Waals surface area contributed by atoms with Gasteiger partial charge < -0.3 is 25.2 Å². The van der Waals surface area contributed by atoms with Crippen molar-refractivity contribution >= 4 is 28.9 Å². The number of ketones is 1. The van der Waals surface area contributed by atoms with E-state index in [4.69, 9.17) is 15.2 Å². The Kier molecular flexibility index (Phi) is 8.02. The van der Waals surface area contributed by atoms with Gasteiger partial charge in [0.1, 0.15) is 5.75 Å². The number of benzene rings is 1. The highest BCUT2D eigenvalue weighted by atomic mass is 32.1. The Bertz CT molecular complexity index is 1170. The Balaban J connectivity index is 1.61. The van der Waals surface area contributed by atoms with Gasteiger partial charge in [-0.1, -0.05) is 12.1 Å². The molecule has 0 saturated carbocycles. The van der Waals surface area contributed by atoms with E-state index in [0.717, 1.165) is 24.6 Å². The Labute approximate surface area is 213 Å². The summed E-state index contributed by atoms with van der Waals surface area (Å²) in [7, 11) is 0. The Morgan fingerprint density at radius 2 is 1.89 bits per heavy atom. The maximum absolute atomic E-state index is 13.6. The zero-order chi connectivity index (χ0) is 25.8. The predicted molar refractivity (Wildman–Crippen MR) is 133 cm³/mol. The highest BCUT2D eigenvalue weighted by molar-refractivity contribution is 7.14. The molecule has 1 saturated heterocycles. The number of primary amides is 1. The maximum atomic E-state index is 13.6. The van der Waals surface area contributed by atoms with E-state index in [-0.39, 0.29) is 12.2 Å². The van der Waals surface area contributed by atoms with Crippen LogP contribution >= 0.6 is 11.3 Å². The predicted octanol–water partition coefficient (Wildman–Crippen LogP) is 1.92. The van der Waals surface area contributed by atoms with Crippen molar-refractivity contribution < 1.29 is 29.0 Å². The molecular weight excluding hydrogens is 484 g/mol. The van der Waals surface area contributed by atoms with Gasteiger partial charge in [0, 0.05) is 26.2 Å². The highest BCUT2D eigenvalue weighted by Gasteiger charge is 2.44. The van der Waals surface area contributed by atoms with Gasteiger partial charge >= 0.3 is 0 Å². The van der Waals surface area contributed by atoms with Crippen LogP contribution < -0.4 is 10.5 Å². The minimum absolute atomic E-state index is 0.0453. The molecular formula is C25H30N4O6S. The molecule has 1 aromatic heterocycles. The van der Waals surface area contributed by atoms with Crippen molar-refractivity contribution in [2.24, 2.45) is 5.73 Å². The van der Waals surface area contributed by atoms with Crippen molar-refractivity contribution in [3.63, 3.8) is 0 Å². The molecule has 0 spiro atoms. The third-order valence-corrected chi connectivity index (χ3v) is 7.28. The summed E-state index contributed by atoms with van der Waals surface area (Å²) < 4.78 is 10.7. The number of Topliss-reactive ketones (excluding diaryl/α,β-unsaturated/α-hetero) is 1. The number of nitrogens with two attached hydrogens (primary N) is 1. The third-order valence-electron chi connectivity index (χ3n) is 6.21. The molecule has 0 bridgehead atoms. The van der Waals surface area contributed by atoms with Gasteiger partial charge in [-0.2, -0.15) is 0 Å². The van der Waals surface area contributed by atoms with Gasteiger partial charge in [0.25, 0.3) is 11.8 Å². The molecule has 4 rings (SSSR count). The van der Waals surface area contributed by atoms with Crippen molar-refractivity contribution in [1.29, 1.82) is 0 Å².